The topological polar surface area (TPSA) is 29.5 Å². The molecule has 0 spiro atoms. The van der Waals surface area contributed by atoms with Gasteiger partial charge in [0, 0.05) is 16.9 Å². The molecule has 0 aliphatic heterocycles. The molecular weight excluding hydrogens is 282 g/mol. The van der Waals surface area contributed by atoms with E-state index in [1.165, 1.54) is 12.7 Å². The highest BCUT2D eigenvalue weighted by molar-refractivity contribution is 9.10. The third-order valence-corrected chi connectivity index (χ3v) is 3.20. The fraction of sp³-hybridized carbons (Fsp3) is 0.462. The van der Waals surface area contributed by atoms with Crippen LogP contribution in [0.4, 0.5) is 0 Å². The number of ether oxygens (including phenoxy) is 1. The van der Waals surface area contributed by atoms with Crippen LogP contribution in [-0.4, -0.2) is 32.1 Å². The SMILES string of the molecule is COC(=O)CCC(c1cccc(Br)c1)N(C)C. The normalized spacial score (nSPS) is 12.5. The summed E-state index contributed by atoms with van der Waals surface area (Å²) in [5, 5.41) is 0. The van der Waals surface area contributed by atoms with E-state index in [1.807, 2.05) is 26.2 Å². The molecule has 0 aliphatic rings. The van der Waals surface area contributed by atoms with Crippen molar-refractivity contribution < 1.29 is 9.53 Å². The molecule has 1 aromatic rings. The highest BCUT2D eigenvalue weighted by Crippen LogP contribution is 2.25. The Kier molecular flexibility index (Phi) is 5.65. The molecule has 94 valence electrons. The molecule has 0 N–H and O–H groups in total. The molecule has 0 fully saturated rings. The fourth-order valence-electron chi connectivity index (χ4n) is 1.79. The van der Waals surface area contributed by atoms with Gasteiger partial charge in [0.15, 0.2) is 0 Å². The summed E-state index contributed by atoms with van der Waals surface area (Å²) in [4.78, 5) is 13.3. The van der Waals surface area contributed by atoms with Crippen LogP contribution in [0.15, 0.2) is 28.7 Å². The maximum atomic E-state index is 11.2. The predicted octanol–water partition coefficient (Wildman–Crippen LogP) is 3.01. The van der Waals surface area contributed by atoms with Crippen molar-refractivity contribution in [2.24, 2.45) is 0 Å². The first-order chi connectivity index (χ1) is 8.04. The fourth-order valence-corrected chi connectivity index (χ4v) is 2.21. The third-order valence-electron chi connectivity index (χ3n) is 2.71. The van der Waals surface area contributed by atoms with Crippen LogP contribution in [0.5, 0.6) is 0 Å². The summed E-state index contributed by atoms with van der Waals surface area (Å²) in [6, 6.07) is 8.39. The summed E-state index contributed by atoms with van der Waals surface area (Å²) >= 11 is 3.46. The Morgan fingerprint density at radius 2 is 2.18 bits per heavy atom. The molecule has 0 heterocycles. The number of carbonyl (C=O) groups is 1. The molecule has 1 rings (SSSR count). The van der Waals surface area contributed by atoms with E-state index < -0.39 is 0 Å². The summed E-state index contributed by atoms with van der Waals surface area (Å²) in [5.74, 6) is -0.160. The van der Waals surface area contributed by atoms with Crippen LogP contribution in [0.3, 0.4) is 0 Å². The van der Waals surface area contributed by atoms with Gasteiger partial charge in [-0.05, 0) is 38.2 Å². The van der Waals surface area contributed by atoms with E-state index in [2.05, 4.69) is 37.7 Å². The van der Waals surface area contributed by atoms with Crippen molar-refractivity contribution in [2.75, 3.05) is 21.2 Å². The van der Waals surface area contributed by atoms with Gasteiger partial charge in [-0.2, -0.15) is 0 Å². The molecular formula is C13H18BrNO2. The Morgan fingerprint density at radius 3 is 2.71 bits per heavy atom. The number of nitrogens with zero attached hydrogens (tertiary/aromatic N) is 1. The first-order valence-corrected chi connectivity index (χ1v) is 6.32. The molecule has 3 nitrogen and oxygen atoms in total. The van der Waals surface area contributed by atoms with Crippen LogP contribution in [0.2, 0.25) is 0 Å². The van der Waals surface area contributed by atoms with Gasteiger partial charge in [-0.25, -0.2) is 0 Å². The number of methoxy groups -OCH3 is 1. The lowest BCUT2D eigenvalue weighted by Crippen LogP contribution is -2.21. The van der Waals surface area contributed by atoms with Gasteiger partial charge < -0.3 is 9.64 Å². The van der Waals surface area contributed by atoms with Gasteiger partial charge in [0.05, 0.1) is 7.11 Å². The third kappa shape index (κ3) is 4.48. The summed E-state index contributed by atoms with van der Waals surface area (Å²) in [6.45, 7) is 0. The van der Waals surface area contributed by atoms with Crippen molar-refractivity contribution in [3.63, 3.8) is 0 Å². The van der Waals surface area contributed by atoms with E-state index in [0.29, 0.717) is 6.42 Å². The molecule has 0 bridgehead atoms. The lowest BCUT2D eigenvalue weighted by Gasteiger charge is -2.24. The summed E-state index contributed by atoms with van der Waals surface area (Å²) in [6.07, 6.45) is 1.20. The van der Waals surface area contributed by atoms with Crippen molar-refractivity contribution in [3.05, 3.63) is 34.3 Å². The summed E-state index contributed by atoms with van der Waals surface area (Å²) in [7, 11) is 5.46. The quantitative estimate of drug-likeness (QED) is 0.783. The Hall–Kier alpha value is -0.870. The van der Waals surface area contributed by atoms with Gasteiger partial charge >= 0.3 is 5.97 Å². The lowest BCUT2D eigenvalue weighted by molar-refractivity contribution is -0.141. The zero-order chi connectivity index (χ0) is 12.8. The minimum Gasteiger partial charge on any atom is -0.469 e. The average molecular weight is 300 g/mol. The van der Waals surface area contributed by atoms with E-state index in [9.17, 15) is 4.79 Å². The van der Waals surface area contributed by atoms with Crippen LogP contribution < -0.4 is 0 Å². The van der Waals surface area contributed by atoms with E-state index >= 15 is 0 Å². The second-order valence-electron chi connectivity index (χ2n) is 4.15. The maximum absolute atomic E-state index is 11.2. The highest BCUT2D eigenvalue weighted by Gasteiger charge is 2.16. The van der Waals surface area contributed by atoms with Crippen molar-refractivity contribution in [2.45, 2.75) is 18.9 Å². The molecule has 0 radical (unpaired) electrons. The average Bonchev–Trinajstić information content (AvgIpc) is 2.28. The van der Waals surface area contributed by atoms with Crippen LogP contribution in [0.25, 0.3) is 0 Å². The molecule has 1 unspecified atom stereocenters. The molecule has 1 atom stereocenters. The molecule has 0 aliphatic carbocycles. The van der Waals surface area contributed by atoms with E-state index in [0.717, 1.165) is 10.9 Å². The minimum absolute atomic E-state index is 0.160. The van der Waals surface area contributed by atoms with Gasteiger partial charge in [-0.1, -0.05) is 28.1 Å². The number of benzene rings is 1. The van der Waals surface area contributed by atoms with Gasteiger partial charge in [-0.15, -0.1) is 0 Å². The van der Waals surface area contributed by atoms with Gasteiger partial charge in [0.2, 0.25) is 0 Å². The molecule has 1 aromatic carbocycles. The standard InChI is InChI=1S/C13H18BrNO2/c1-15(2)12(7-8-13(16)17-3)10-5-4-6-11(14)9-10/h4-6,9,12H,7-8H2,1-3H3. The predicted molar refractivity (Wildman–Crippen MR) is 71.8 cm³/mol. The molecule has 0 saturated heterocycles. The second-order valence-corrected chi connectivity index (χ2v) is 5.06. The largest absolute Gasteiger partial charge is 0.469 e. The van der Waals surface area contributed by atoms with E-state index in [4.69, 9.17) is 0 Å². The first-order valence-electron chi connectivity index (χ1n) is 5.53. The Balaban J connectivity index is 2.75. The number of halogens is 1. The molecule has 0 aromatic heterocycles. The van der Waals surface area contributed by atoms with Crippen LogP contribution in [-0.2, 0) is 9.53 Å². The summed E-state index contributed by atoms with van der Waals surface area (Å²) < 4.78 is 5.73. The minimum atomic E-state index is -0.160. The highest BCUT2D eigenvalue weighted by atomic mass is 79.9. The molecule has 17 heavy (non-hydrogen) atoms. The number of carbonyl (C=O) groups excluding carboxylic acids is 1. The van der Waals surface area contributed by atoms with E-state index in [1.54, 1.807) is 0 Å². The molecule has 0 saturated carbocycles. The van der Waals surface area contributed by atoms with Crippen molar-refractivity contribution >= 4 is 21.9 Å². The smallest absolute Gasteiger partial charge is 0.305 e. The maximum Gasteiger partial charge on any atom is 0.305 e. The number of hydrogen-bond acceptors (Lipinski definition) is 3. The lowest BCUT2D eigenvalue weighted by atomic mass is 10.0. The van der Waals surface area contributed by atoms with Gasteiger partial charge in [-0.3, -0.25) is 4.79 Å². The number of hydrogen-bond donors (Lipinski definition) is 0. The Morgan fingerprint density at radius 1 is 1.47 bits per heavy atom. The number of rotatable bonds is 5. The zero-order valence-corrected chi connectivity index (χ0v) is 12.0. The monoisotopic (exact) mass is 299 g/mol. The molecule has 0 amide bonds. The van der Waals surface area contributed by atoms with Crippen LogP contribution >= 0.6 is 15.9 Å². The van der Waals surface area contributed by atoms with Crippen molar-refractivity contribution in [1.82, 2.24) is 4.90 Å². The zero-order valence-electron chi connectivity index (χ0n) is 10.4. The van der Waals surface area contributed by atoms with Crippen LogP contribution in [0.1, 0.15) is 24.4 Å². The first kappa shape index (κ1) is 14.2. The molecule has 4 heteroatoms. The van der Waals surface area contributed by atoms with Crippen molar-refractivity contribution in [3.8, 4) is 0 Å². The Labute approximate surface area is 111 Å². The van der Waals surface area contributed by atoms with Crippen molar-refractivity contribution in [1.29, 1.82) is 0 Å². The second kappa shape index (κ2) is 6.77. The van der Waals surface area contributed by atoms with Gasteiger partial charge in [0.25, 0.3) is 0 Å². The van der Waals surface area contributed by atoms with Gasteiger partial charge in [0.1, 0.15) is 0 Å². The summed E-state index contributed by atoms with van der Waals surface area (Å²) in [5.41, 5.74) is 1.20. The Bertz CT molecular complexity index is 379. The van der Waals surface area contributed by atoms with E-state index in [-0.39, 0.29) is 12.0 Å². The van der Waals surface area contributed by atoms with Crippen LogP contribution in [0, 0.1) is 0 Å². The number of esters is 1.